The monoisotopic (exact) mass is 220 g/mol. The zero-order valence-electron chi connectivity index (χ0n) is 8.46. The van der Waals surface area contributed by atoms with E-state index in [1.165, 1.54) is 30.4 Å². The number of aliphatic hydroxyl groups excluding tert-OH is 4. The lowest BCUT2D eigenvalue weighted by Crippen LogP contribution is -2.17. The molecule has 2 rings (SSSR count). The third-order valence-corrected chi connectivity index (χ3v) is 2.52. The SMILES string of the molecule is OC1=CCC=C(O)C1=C1C(O)=CC=CC1O. The molecule has 0 spiro atoms. The van der Waals surface area contributed by atoms with Crippen LogP contribution < -0.4 is 0 Å². The second-order valence-corrected chi connectivity index (χ2v) is 3.58. The van der Waals surface area contributed by atoms with Gasteiger partial charge < -0.3 is 20.4 Å². The molecule has 4 N–H and O–H groups in total. The predicted molar refractivity (Wildman–Crippen MR) is 58.9 cm³/mol. The van der Waals surface area contributed by atoms with Gasteiger partial charge in [-0.05, 0) is 24.6 Å². The van der Waals surface area contributed by atoms with Gasteiger partial charge in [0.1, 0.15) is 23.4 Å². The van der Waals surface area contributed by atoms with Crippen molar-refractivity contribution in [1.82, 2.24) is 0 Å². The number of hydrogen-bond acceptors (Lipinski definition) is 4. The topological polar surface area (TPSA) is 80.9 Å². The summed E-state index contributed by atoms with van der Waals surface area (Å²) in [4.78, 5) is 0. The molecule has 0 fully saturated rings. The van der Waals surface area contributed by atoms with Crippen LogP contribution in [0.2, 0.25) is 0 Å². The van der Waals surface area contributed by atoms with Crippen LogP contribution in [-0.4, -0.2) is 26.5 Å². The van der Waals surface area contributed by atoms with Crippen molar-refractivity contribution in [3.63, 3.8) is 0 Å². The molecule has 0 aliphatic heterocycles. The highest BCUT2D eigenvalue weighted by atomic mass is 16.3. The zero-order chi connectivity index (χ0) is 11.7. The third-order valence-electron chi connectivity index (χ3n) is 2.52. The van der Waals surface area contributed by atoms with E-state index in [1.54, 1.807) is 0 Å². The molecule has 0 aromatic heterocycles. The Morgan fingerprint density at radius 3 is 2.19 bits per heavy atom. The van der Waals surface area contributed by atoms with E-state index in [9.17, 15) is 20.4 Å². The summed E-state index contributed by atoms with van der Waals surface area (Å²) in [6.07, 6.45) is 6.74. The van der Waals surface area contributed by atoms with Crippen LogP contribution in [0, 0.1) is 0 Å². The van der Waals surface area contributed by atoms with Crippen molar-refractivity contribution in [3.8, 4) is 0 Å². The summed E-state index contributed by atoms with van der Waals surface area (Å²) in [7, 11) is 0. The Morgan fingerprint density at radius 1 is 1.00 bits per heavy atom. The fourth-order valence-electron chi connectivity index (χ4n) is 1.76. The van der Waals surface area contributed by atoms with Gasteiger partial charge in [0.05, 0.1) is 5.57 Å². The molecule has 2 aliphatic rings. The standard InChI is InChI=1S/C12H12O4/c13-7-3-1-4-8(14)11(7)12-9(15)5-2-6-10(12)16/h1,3-7,13-16H,2H2. The molecule has 0 aromatic rings. The van der Waals surface area contributed by atoms with Gasteiger partial charge in [0.25, 0.3) is 0 Å². The van der Waals surface area contributed by atoms with E-state index < -0.39 is 6.10 Å². The Bertz CT molecular complexity index is 443. The van der Waals surface area contributed by atoms with E-state index in [-0.39, 0.29) is 28.4 Å². The lowest BCUT2D eigenvalue weighted by molar-refractivity contribution is 0.242. The molecule has 0 saturated carbocycles. The van der Waals surface area contributed by atoms with Crippen molar-refractivity contribution < 1.29 is 20.4 Å². The Morgan fingerprint density at radius 2 is 1.62 bits per heavy atom. The first-order valence-corrected chi connectivity index (χ1v) is 4.90. The minimum atomic E-state index is -1.04. The van der Waals surface area contributed by atoms with Crippen LogP contribution in [0.4, 0.5) is 0 Å². The average Bonchev–Trinajstić information content (AvgIpc) is 2.21. The van der Waals surface area contributed by atoms with Crippen LogP contribution in [0.3, 0.4) is 0 Å². The molecule has 4 nitrogen and oxygen atoms in total. The van der Waals surface area contributed by atoms with Gasteiger partial charge >= 0.3 is 0 Å². The highest BCUT2D eigenvalue weighted by Gasteiger charge is 2.25. The maximum atomic E-state index is 9.70. The van der Waals surface area contributed by atoms with E-state index in [0.717, 1.165) is 0 Å². The van der Waals surface area contributed by atoms with Gasteiger partial charge in [-0.15, -0.1) is 0 Å². The summed E-state index contributed by atoms with van der Waals surface area (Å²) in [5, 5.41) is 38.7. The molecule has 1 unspecified atom stereocenters. The second-order valence-electron chi connectivity index (χ2n) is 3.58. The fraction of sp³-hybridized carbons (Fsp3) is 0.167. The normalized spacial score (nSPS) is 25.1. The average molecular weight is 220 g/mol. The zero-order valence-corrected chi connectivity index (χ0v) is 8.46. The van der Waals surface area contributed by atoms with Crippen LogP contribution in [0.25, 0.3) is 0 Å². The summed E-state index contributed by atoms with van der Waals surface area (Å²) in [6.45, 7) is 0. The molecule has 0 heterocycles. The minimum absolute atomic E-state index is 0.0804. The maximum absolute atomic E-state index is 9.70. The van der Waals surface area contributed by atoms with E-state index in [1.807, 2.05) is 0 Å². The van der Waals surface area contributed by atoms with Crippen molar-refractivity contribution in [2.24, 2.45) is 0 Å². The van der Waals surface area contributed by atoms with Crippen molar-refractivity contribution in [3.05, 3.63) is 58.8 Å². The summed E-state index contributed by atoms with van der Waals surface area (Å²) < 4.78 is 0. The van der Waals surface area contributed by atoms with Gasteiger partial charge in [-0.2, -0.15) is 0 Å². The lowest BCUT2D eigenvalue weighted by atomic mass is 9.92. The van der Waals surface area contributed by atoms with Crippen molar-refractivity contribution in [2.75, 3.05) is 0 Å². The Kier molecular flexibility index (Phi) is 2.58. The number of hydrogen-bond donors (Lipinski definition) is 4. The van der Waals surface area contributed by atoms with Gasteiger partial charge in [0.15, 0.2) is 0 Å². The van der Waals surface area contributed by atoms with E-state index in [2.05, 4.69) is 0 Å². The minimum Gasteiger partial charge on any atom is -0.508 e. The molecule has 0 amide bonds. The molecule has 1 atom stereocenters. The number of aliphatic hydroxyl groups is 4. The summed E-state index contributed by atoms with van der Waals surface area (Å²) in [5.41, 5.74) is 0.196. The summed E-state index contributed by atoms with van der Waals surface area (Å²) >= 11 is 0. The van der Waals surface area contributed by atoms with Crippen LogP contribution in [0.15, 0.2) is 58.8 Å². The molecule has 0 radical (unpaired) electrons. The molecule has 0 saturated heterocycles. The quantitative estimate of drug-likeness (QED) is 0.503. The molecule has 16 heavy (non-hydrogen) atoms. The molecular weight excluding hydrogens is 208 g/mol. The van der Waals surface area contributed by atoms with E-state index in [4.69, 9.17) is 0 Å². The largest absolute Gasteiger partial charge is 0.508 e. The Labute approximate surface area is 92.5 Å². The predicted octanol–water partition coefficient (Wildman–Crippen LogP) is 1.94. The van der Waals surface area contributed by atoms with Crippen molar-refractivity contribution in [2.45, 2.75) is 12.5 Å². The number of allylic oxidation sites excluding steroid dienone is 4. The maximum Gasteiger partial charge on any atom is 0.123 e. The van der Waals surface area contributed by atoms with Crippen molar-refractivity contribution in [1.29, 1.82) is 0 Å². The Balaban J connectivity index is 2.59. The number of rotatable bonds is 0. The molecule has 4 heteroatoms. The summed E-state index contributed by atoms with van der Waals surface area (Å²) in [5.74, 6) is -0.430. The van der Waals surface area contributed by atoms with Gasteiger partial charge in [-0.1, -0.05) is 12.2 Å². The van der Waals surface area contributed by atoms with Crippen molar-refractivity contribution >= 4 is 0 Å². The summed E-state index contributed by atoms with van der Waals surface area (Å²) in [6, 6.07) is 0. The first-order chi connectivity index (χ1) is 7.61. The van der Waals surface area contributed by atoms with Gasteiger partial charge in [-0.25, -0.2) is 0 Å². The molecule has 0 bridgehead atoms. The molecule has 84 valence electrons. The second kappa shape index (κ2) is 3.90. The Hall–Kier alpha value is -1.94. The molecule has 2 aliphatic carbocycles. The third kappa shape index (κ3) is 1.63. The van der Waals surface area contributed by atoms with Gasteiger partial charge in [0, 0.05) is 5.57 Å². The highest BCUT2D eigenvalue weighted by molar-refractivity contribution is 5.55. The van der Waals surface area contributed by atoms with Crippen LogP contribution in [0.1, 0.15) is 6.42 Å². The van der Waals surface area contributed by atoms with E-state index in [0.29, 0.717) is 6.42 Å². The van der Waals surface area contributed by atoms with Crippen LogP contribution in [-0.2, 0) is 0 Å². The first kappa shape index (κ1) is 10.6. The molecule has 0 aromatic carbocycles. The molecular formula is C12H12O4. The first-order valence-electron chi connectivity index (χ1n) is 4.90. The lowest BCUT2D eigenvalue weighted by Gasteiger charge is -2.20. The van der Waals surface area contributed by atoms with E-state index >= 15 is 0 Å². The van der Waals surface area contributed by atoms with Gasteiger partial charge in [0.2, 0.25) is 0 Å². The highest BCUT2D eigenvalue weighted by Crippen LogP contribution is 2.31. The smallest absolute Gasteiger partial charge is 0.123 e. The van der Waals surface area contributed by atoms with Crippen LogP contribution >= 0.6 is 0 Å². The van der Waals surface area contributed by atoms with Gasteiger partial charge in [-0.3, -0.25) is 0 Å². The fourth-order valence-corrected chi connectivity index (χ4v) is 1.76. The van der Waals surface area contributed by atoms with Crippen LogP contribution in [0.5, 0.6) is 0 Å².